The number of benzene rings is 2. The summed E-state index contributed by atoms with van der Waals surface area (Å²) in [6.45, 7) is 0. The molecule has 3 rings (SSSR count). The van der Waals surface area contributed by atoms with E-state index in [4.69, 9.17) is 4.74 Å². The fourth-order valence-electron chi connectivity index (χ4n) is 2.56. The topological polar surface area (TPSA) is 95.9 Å². The Kier molecular flexibility index (Phi) is 4.70. The molecule has 1 unspecified atom stereocenters. The third-order valence-corrected chi connectivity index (χ3v) is 3.86. The average molecular weight is 336 g/mol. The van der Waals surface area contributed by atoms with Crippen LogP contribution in [0.5, 0.6) is 5.75 Å². The molecular weight excluding hydrogens is 322 g/mol. The molecule has 6 heteroatoms. The van der Waals surface area contributed by atoms with Crippen LogP contribution in [0, 0.1) is 5.92 Å². The highest BCUT2D eigenvalue weighted by Gasteiger charge is 2.35. The van der Waals surface area contributed by atoms with Gasteiger partial charge >= 0.3 is 5.97 Å². The summed E-state index contributed by atoms with van der Waals surface area (Å²) in [7, 11) is 0. The maximum Gasteiger partial charge on any atom is 0.327 e. The average Bonchev–Trinajstić information content (AvgIpc) is 2.61. The highest BCUT2D eigenvalue weighted by Crippen LogP contribution is 2.27. The first kappa shape index (κ1) is 16.6. The molecular formula is C19H14NO5-. The summed E-state index contributed by atoms with van der Waals surface area (Å²) in [4.78, 5) is 39.6. The van der Waals surface area contributed by atoms with Gasteiger partial charge in [0.15, 0.2) is 11.7 Å². The summed E-state index contributed by atoms with van der Waals surface area (Å²) in [5.74, 6) is -3.68. The largest absolute Gasteiger partial charge is 0.548 e. The summed E-state index contributed by atoms with van der Waals surface area (Å²) in [5.41, 5.74) is 1.03. The number of esters is 1. The molecule has 0 spiro atoms. The van der Waals surface area contributed by atoms with Crippen LogP contribution in [0.2, 0.25) is 0 Å². The molecule has 0 aromatic heterocycles. The van der Waals surface area contributed by atoms with E-state index in [0.29, 0.717) is 0 Å². The van der Waals surface area contributed by atoms with Gasteiger partial charge in [-0.15, -0.1) is 0 Å². The number of hydrogen-bond donors (Lipinski definition) is 0. The minimum Gasteiger partial charge on any atom is -0.548 e. The number of carboxylic acids is 1. The number of para-hydroxylation sites is 1. The number of ketones is 1. The molecule has 0 fully saturated rings. The second-order valence-corrected chi connectivity index (χ2v) is 5.58. The number of carbonyl (C=O) groups excluding carboxylic acids is 3. The summed E-state index contributed by atoms with van der Waals surface area (Å²) < 4.78 is 5.11. The standard InChI is InChI=1S/C19H15NO5/c21-17-13-8-4-5-9-16(13)25-19(24)14(17)11-20-15(18(22)23)10-12-6-2-1-3-7-12/h1-9,11,14-15H,10H2,(H,22,23)/p-1/t14?,15-/m0/s1. The number of hydrogen-bond acceptors (Lipinski definition) is 6. The highest BCUT2D eigenvalue weighted by atomic mass is 16.5. The molecule has 1 heterocycles. The van der Waals surface area contributed by atoms with Gasteiger partial charge in [-0.3, -0.25) is 14.6 Å². The maximum absolute atomic E-state index is 12.4. The van der Waals surface area contributed by atoms with Gasteiger partial charge in [0.1, 0.15) is 5.75 Å². The fourth-order valence-corrected chi connectivity index (χ4v) is 2.56. The van der Waals surface area contributed by atoms with Crippen LogP contribution in [0.1, 0.15) is 15.9 Å². The molecule has 0 aliphatic carbocycles. The minimum absolute atomic E-state index is 0.103. The van der Waals surface area contributed by atoms with E-state index in [1.807, 2.05) is 6.07 Å². The molecule has 0 saturated heterocycles. The van der Waals surface area contributed by atoms with E-state index in [9.17, 15) is 19.5 Å². The van der Waals surface area contributed by atoms with Gasteiger partial charge in [-0.25, -0.2) is 0 Å². The molecule has 25 heavy (non-hydrogen) atoms. The van der Waals surface area contributed by atoms with Gasteiger partial charge in [-0.2, -0.15) is 0 Å². The second-order valence-electron chi connectivity index (χ2n) is 5.58. The van der Waals surface area contributed by atoms with Crippen molar-refractivity contribution in [2.45, 2.75) is 12.5 Å². The van der Waals surface area contributed by atoms with E-state index < -0.39 is 29.7 Å². The van der Waals surface area contributed by atoms with Crippen molar-refractivity contribution in [2.24, 2.45) is 10.9 Å². The SMILES string of the molecule is O=C1Oc2ccccc2C(=O)C1C=N[C@@H](Cc1ccccc1)C(=O)[O-]. The number of fused-ring (bicyclic) bond motifs is 1. The number of aliphatic carboxylic acids is 1. The van der Waals surface area contributed by atoms with Gasteiger partial charge in [0.25, 0.3) is 0 Å². The minimum atomic E-state index is -1.38. The van der Waals surface area contributed by atoms with Crippen molar-refractivity contribution in [1.29, 1.82) is 0 Å². The molecule has 0 amide bonds. The van der Waals surface area contributed by atoms with Crippen molar-refractivity contribution in [3.8, 4) is 5.75 Å². The molecule has 0 N–H and O–H groups in total. The van der Waals surface area contributed by atoms with Crippen LogP contribution < -0.4 is 9.84 Å². The molecule has 0 bridgehead atoms. The summed E-state index contributed by atoms with van der Waals surface area (Å²) >= 11 is 0. The second kappa shape index (κ2) is 7.09. The Morgan fingerprint density at radius 3 is 2.52 bits per heavy atom. The number of rotatable bonds is 5. The van der Waals surface area contributed by atoms with Gasteiger partial charge < -0.3 is 14.6 Å². The van der Waals surface area contributed by atoms with E-state index in [2.05, 4.69) is 4.99 Å². The van der Waals surface area contributed by atoms with Crippen LogP contribution in [0.3, 0.4) is 0 Å². The van der Waals surface area contributed by atoms with Gasteiger partial charge in [0, 0.05) is 12.6 Å². The summed E-state index contributed by atoms with van der Waals surface area (Å²) in [6.07, 6.45) is 1.15. The van der Waals surface area contributed by atoms with Crippen LogP contribution in [-0.2, 0) is 16.0 Å². The maximum atomic E-state index is 12.4. The molecule has 1 aliphatic heterocycles. The number of carboxylic acid groups (broad SMARTS) is 1. The molecule has 0 saturated carbocycles. The molecule has 1 aliphatic rings. The summed E-state index contributed by atoms with van der Waals surface area (Å²) in [6, 6.07) is 14.1. The van der Waals surface area contributed by atoms with Crippen LogP contribution in [-0.4, -0.2) is 30.0 Å². The van der Waals surface area contributed by atoms with Gasteiger partial charge in [0.2, 0.25) is 0 Å². The van der Waals surface area contributed by atoms with Crippen molar-refractivity contribution in [1.82, 2.24) is 0 Å². The Labute approximate surface area is 143 Å². The number of nitrogens with zero attached hydrogens (tertiary/aromatic N) is 1. The van der Waals surface area contributed by atoms with Crippen LogP contribution in [0.25, 0.3) is 0 Å². The van der Waals surface area contributed by atoms with E-state index in [-0.39, 0.29) is 17.7 Å². The Morgan fingerprint density at radius 1 is 1.12 bits per heavy atom. The van der Waals surface area contributed by atoms with Crippen molar-refractivity contribution in [3.05, 3.63) is 65.7 Å². The lowest BCUT2D eigenvalue weighted by Gasteiger charge is -2.20. The van der Waals surface area contributed by atoms with Crippen molar-refractivity contribution >= 4 is 23.9 Å². The van der Waals surface area contributed by atoms with Crippen molar-refractivity contribution in [3.63, 3.8) is 0 Å². The Balaban J connectivity index is 1.80. The van der Waals surface area contributed by atoms with E-state index in [1.165, 1.54) is 6.07 Å². The van der Waals surface area contributed by atoms with Gasteiger partial charge in [0.05, 0.1) is 17.6 Å². The van der Waals surface area contributed by atoms with Crippen LogP contribution in [0.15, 0.2) is 59.6 Å². The van der Waals surface area contributed by atoms with Crippen LogP contribution in [0.4, 0.5) is 0 Å². The molecule has 2 atom stereocenters. The Hall–Kier alpha value is -3.28. The molecule has 6 nitrogen and oxygen atoms in total. The van der Waals surface area contributed by atoms with E-state index in [1.54, 1.807) is 42.5 Å². The summed E-state index contributed by atoms with van der Waals surface area (Å²) in [5, 5.41) is 11.3. The van der Waals surface area contributed by atoms with Gasteiger partial charge in [-0.1, -0.05) is 42.5 Å². The molecule has 2 aromatic carbocycles. The quantitative estimate of drug-likeness (QED) is 0.349. The Morgan fingerprint density at radius 2 is 1.80 bits per heavy atom. The van der Waals surface area contributed by atoms with Crippen molar-refractivity contribution in [2.75, 3.05) is 0 Å². The third-order valence-electron chi connectivity index (χ3n) is 3.86. The smallest absolute Gasteiger partial charge is 0.327 e. The van der Waals surface area contributed by atoms with E-state index >= 15 is 0 Å². The number of aliphatic imine (C=N–C) groups is 1. The zero-order chi connectivity index (χ0) is 17.8. The number of ether oxygens (including phenoxy) is 1. The highest BCUT2D eigenvalue weighted by molar-refractivity contribution is 6.22. The lowest BCUT2D eigenvalue weighted by molar-refractivity contribution is -0.307. The van der Waals surface area contributed by atoms with Gasteiger partial charge in [-0.05, 0) is 17.7 Å². The van der Waals surface area contributed by atoms with E-state index in [0.717, 1.165) is 11.8 Å². The lowest BCUT2D eigenvalue weighted by Crippen LogP contribution is -2.38. The monoisotopic (exact) mass is 336 g/mol. The number of Topliss-reactive ketones (excluding diaryl/α,β-unsaturated/α-hetero) is 1. The fraction of sp³-hybridized carbons (Fsp3) is 0.158. The zero-order valence-corrected chi connectivity index (χ0v) is 13.1. The Bertz CT molecular complexity index is 844. The zero-order valence-electron chi connectivity index (χ0n) is 13.1. The predicted molar refractivity (Wildman–Crippen MR) is 87.3 cm³/mol. The molecule has 126 valence electrons. The predicted octanol–water partition coefficient (Wildman–Crippen LogP) is 0.836. The number of carbonyl (C=O) groups is 3. The first-order valence-corrected chi connectivity index (χ1v) is 7.69. The first-order valence-electron chi connectivity index (χ1n) is 7.69. The normalized spacial score (nSPS) is 17.8. The molecule has 2 aromatic rings. The first-order chi connectivity index (χ1) is 12.1. The lowest BCUT2D eigenvalue weighted by atomic mass is 9.95. The van der Waals surface area contributed by atoms with Crippen LogP contribution >= 0.6 is 0 Å². The third kappa shape index (κ3) is 3.63. The van der Waals surface area contributed by atoms with Crippen molar-refractivity contribution < 1.29 is 24.2 Å². The molecule has 0 radical (unpaired) electrons.